The molecule has 0 aliphatic carbocycles. The van der Waals surface area contributed by atoms with E-state index in [0.29, 0.717) is 29.9 Å². The molecular formula is C19H19N5O3. The lowest BCUT2D eigenvalue weighted by Crippen LogP contribution is -2.27. The molecule has 8 heteroatoms. The number of rotatable bonds is 5. The number of anilines is 1. The Morgan fingerprint density at radius 3 is 3.00 bits per heavy atom. The van der Waals surface area contributed by atoms with Crippen molar-refractivity contribution in [2.75, 3.05) is 25.6 Å². The number of nitrogens with one attached hydrogen (secondary N) is 2. The van der Waals surface area contributed by atoms with Crippen LogP contribution < -0.4 is 10.6 Å². The van der Waals surface area contributed by atoms with E-state index in [2.05, 4.69) is 20.7 Å². The van der Waals surface area contributed by atoms with E-state index in [-0.39, 0.29) is 11.8 Å². The minimum Gasteiger partial charge on any atom is -0.383 e. The third-order valence-electron chi connectivity index (χ3n) is 4.76. The van der Waals surface area contributed by atoms with Crippen molar-refractivity contribution in [3.8, 4) is 0 Å². The summed E-state index contributed by atoms with van der Waals surface area (Å²) in [6, 6.07) is 7.55. The zero-order valence-corrected chi connectivity index (χ0v) is 15.0. The number of aromatic nitrogens is 3. The molecule has 2 amide bonds. The van der Waals surface area contributed by atoms with Crippen LogP contribution in [0.15, 0.2) is 36.8 Å². The summed E-state index contributed by atoms with van der Waals surface area (Å²) in [5, 5.41) is 9.93. The topological polar surface area (TPSA) is 97.6 Å². The molecule has 0 bridgehead atoms. The van der Waals surface area contributed by atoms with Crippen molar-refractivity contribution in [1.82, 2.24) is 19.9 Å². The quantitative estimate of drug-likeness (QED) is 0.668. The van der Waals surface area contributed by atoms with Gasteiger partial charge in [-0.15, -0.1) is 0 Å². The Bertz CT molecular complexity index is 1040. The average molecular weight is 365 g/mol. The van der Waals surface area contributed by atoms with E-state index in [4.69, 9.17) is 4.74 Å². The molecule has 27 heavy (non-hydrogen) atoms. The molecule has 0 spiro atoms. The van der Waals surface area contributed by atoms with Crippen LogP contribution in [0.1, 0.15) is 33.1 Å². The van der Waals surface area contributed by atoms with Gasteiger partial charge in [-0.25, -0.2) is 9.50 Å². The minimum atomic E-state index is -0.537. The normalized spacial score (nSPS) is 15.6. The lowest BCUT2D eigenvalue weighted by molar-refractivity contribution is -0.116. The Morgan fingerprint density at radius 2 is 2.19 bits per heavy atom. The van der Waals surface area contributed by atoms with Gasteiger partial charge in [-0.2, -0.15) is 5.10 Å². The number of hydrogen-bond donors (Lipinski definition) is 2. The second-order valence-electron chi connectivity index (χ2n) is 6.36. The molecule has 1 atom stereocenters. The molecule has 1 unspecified atom stereocenters. The Hall–Kier alpha value is -3.26. The van der Waals surface area contributed by atoms with Gasteiger partial charge in [-0.1, -0.05) is 18.2 Å². The number of fused-ring (bicyclic) bond motifs is 2. The predicted octanol–water partition coefficient (Wildman–Crippen LogP) is 1.50. The number of carbonyl (C=O) groups is 2. The second-order valence-corrected chi connectivity index (χ2v) is 6.36. The Balaban J connectivity index is 1.79. The van der Waals surface area contributed by atoms with Crippen molar-refractivity contribution in [2.24, 2.45) is 0 Å². The first-order chi connectivity index (χ1) is 13.1. The zero-order chi connectivity index (χ0) is 19.0. The van der Waals surface area contributed by atoms with Gasteiger partial charge >= 0.3 is 0 Å². The molecule has 1 aromatic carbocycles. The molecule has 8 nitrogen and oxygen atoms in total. The minimum absolute atomic E-state index is 0.136. The number of amides is 2. The van der Waals surface area contributed by atoms with Crippen molar-refractivity contribution in [3.05, 3.63) is 59.2 Å². The second kappa shape index (κ2) is 6.81. The van der Waals surface area contributed by atoms with Crippen LogP contribution in [-0.2, 0) is 9.53 Å². The number of methoxy groups -OCH3 is 1. The first kappa shape index (κ1) is 17.2. The van der Waals surface area contributed by atoms with E-state index in [1.54, 1.807) is 17.8 Å². The number of ether oxygens (including phenoxy) is 1. The van der Waals surface area contributed by atoms with E-state index in [1.165, 1.54) is 6.33 Å². The van der Waals surface area contributed by atoms with Crippen LogP contribution in [0.4, 0.5) is 5.69 Å². The summed E-state index contributed by atoms with van der Waals surface area (Å²) in [5.41, 5.74) is 4.14. The van der Waals surface area contributed by atoms with Crippen molar-refractivity contribution >= 4 is 23.0 Å². The molecule has 0 fully saturated rings. The Kier molecular flexibility index (Phi) is 4.33. The van der Waals surface area contributed by atoms with Gasteiger partial charge in [0, 0.05) is 25.5 Å². The lowest BCUT2D eigenvalue weighted by atomic mass is 9.95. The third kappa shape index (κ3) is 2.83. The zero-order valence-electron chi connectivity index (χ0n) is 15.0. The van der Waals surface area contributed by atoms with E-state index < -0.39 is 5.92 Å². The fourth-order valence-corrected chi connectivity index (χ4v) is 3.47. The van der Waals surface area contributed by atoms with Crippen molar-refractivity contribution in [3.63, 3.8) is 0 Å². The number of benzene rings is 1. The number of hydrogen-bond acceptors (Lipinski definition) is 5. The highest BCUT2D eigenvalue weighted by atomic mass is 16.5. The van der Waals surface area contributed by atoms with Crippen LogP contribution in [0.5, 0.6) is 0 Å². The maximum Gasteiger partial charge on any atom is 0.253 e. The van der Waals surface area contributed by atoms with E-state index >= 15 is 0 Å². The van der Waals surface area contributed by atoms with E-state index in [0.717, 1.165) is 16.8 Å². The van der Waals surface area contributed by atoms with E-state index in [1.807, 2.05) is 31.2 Å². The molecule has 2 N–H and O–H groups in total. The molecule has 1 aliphatic rings. The lowest BCUT2D eigenvalue weighted by Gasteiger charge is -2.10. The summed E-state index contributed by atoms with van der Waals surface area (Å²) in [5.74, 6) is -0.884. The fourth-order valence-electron chi connectivity index (χ4n) is 3.47. The number of nitrogens with zero attached hydrogens (tertiary/aromatic N) is 3. The summed E-state index contributed by atoms with van der Waals surface area (Å²) < 4.78 is 6.57. The van der Waals surface area contributed by atoms with Crippen LogP contribution >= 0.6 is 0 Å². The van der Waals surface area contributed by atoms with Gasteiger partial charge in [0.15, 0.2) is 0 Å². The fraction of sp³-hybridized carbons (Fsp3) is 0.263. The summed E-state index contributed by atoms with van der Waals surface area (Å²) in [4.78, 5) is 29.5. The monoisotopic (exact) mass is 365 g/mol. The summed E-state index contributed by atoms with van der Waals surface area (Å²) >= 11 is 0. The first-order valence-corrected chi connectivity index (χ1v) is 8.61. The van der Waals surface area contributed by atoms with Gasteiger partial charge in [-0.3, -0.25) is 9.59 Å². The Morgan fingerprint density at radius 1 is 1.37 bits per heavy atom. The van der Waals surface area contributed by atoms with Gasteiger partial charge < -0.3 is 15.4 Å². The van der Waals surface area contributed by atoms with E-state index in [9.17, 15) is 9.59 Å². The van der Waals surface area contributed by atoms with Crippen LogP contribution in [0.2, 0.25) is 0 Å². The molecule has 138 valence electrons. The molecular weight excluding hydrogens is 346 g/mol. The summed E-state index contributed by atoms with van der Waals surface area (Å²) in [6.07, 6.45) is 3.07. The molecule has 0 saturated heterocycles. The van der Waals surface area contributed by atoms with Gasteiger partial charge in [0.25, 0.3) is 5.91 Å². The van der Waals surface area contributed by atoms with Crippen molar-refractivity contribution in [1.29, 1.82) is 0 Å². The van der Waals surface area contributed by atoms with Crippen molar-refractivity contribution < 1.29 is 14.3 Å². The average Bonchev–Trinajstić information content (AvgIpc) is 3.18. The SMILES string of the molecule is COCCNC(=O)c1cn2ncnc(C3C(=O)Nc4ccccc43)c2c1C. The predicted molar refractivity (Wildman–Crippen MR) is 98.8 cm³/mol. The van der Waals surface area contributed by atoms with Crippen molar-refractivity contribution in [2.45, 2.75) is 12.8 Å². The third-order valence-corrected chi connectivity index (χ3v) is 4.76. The molecule has 4 rings (SSSR count). The Labute approximate surface area is 155 Å². The highest BCUT2D eigenvalue weighted by Crippen LogP contribution is 2.38. The highest BCUT2D eigenvalue weighted by Gasteiger charge is 2.35. The summed E-state index contributed by atoms with van der Waals surface area (Å²) in [7, 11) is 1.58. The maximum absolute atomic E-state index is 12.6. The number of para-hydroxylation sites is 1. The van der Waals surface area contributed by atoms with Crippen LogP contribution in [0.25, 0.3) is 5.52 Å². The van der Waals surface area contributed by atoms with Gasteiger partial charge in [0.2, 0.25) is 5.91 Å². The highest BCUT2D eigenvalue weighted by molar-refractivity contribution is 6.06. The van der Waals surface area contributed by atoms with Gasteiger partial charge in [-0.05, 0) is 24.1 Å². The van der Waals surface area contributed by atoms with Crippen LogP contribution in [0.3, 0.4) is 0 Å². The summed E-state index contributed by atoms with van der Waals surface area (Å²) in [6.45, 7) is 2.69. The molecule has 1 aliphatic heterocycles. The maximum atomic E-state index is 12.6. The van der Waals surface area contributed by atoms with Gasteiger partial charge in [0.05, 0.1) is 23.4 Å². The smallest absolute Gasteiger partial charge is 0.253 e. The standard InChI is InChI=1S/C19H19N5O3/c1-11-13(18(25)20-7-8-27-2)9-24-17(11)16(21-10-22-24)15-12-5-3-4-6-14(12)23-19(15)26/h3-6,9-10,15H,7-8H2,1-2H3,(H,20,25)(H,23,26). The van der Waals surface area contributed by atoms with Gasteiger partial charge in [0.1, 0.15) is 12.2 Å². The molecule has 0 radical (unpaired) electrons. The molecule has 2 aromatic heterocycles. The van der Waals surface area contributed by atoms with Crippen LogP contribution in [-0.4, -0.2) is 46.7 Å². The largest absolute Gasteiger partial charge is 0.383 e. The molecule has 3 aromatic rings. The van der Waals surface area contributed by atoms with Crippen LogP contribution in [0, 0.1) is 6.92 Å². The number of carbonyl (C=O) groups excluding carboxylic acids is 2. The number of aryl methyl sites for hydroxylation is 1. The molecule has 3 heterocycles. The molecule has 0 saturated carbocycles. The first-order valence-electron chi connectivity index (χ1n) is 8.61.